The van der Waals surface area contributed by atoms with E-state index in [1.54, 1.807) is 6.08 Å². The Balaban J connectivity index is 5.12. The highest BCUT2D eigenvalue weighted by molar-refractivity contribution is 6.68. The SMILES string of the molecule is CC(C)CC(N=C=O)[Si](C)(OC(C)C)OC(C)C. The second-order valence-corrected chi connectivity index (χ2v) is 8.88. The fourth-order valence-electron chi connectivity index (χ4n) is 2.02. The summed E-state index contributed by atoms with van der Waals surface area (Å²) in [4.78, 5) is 14.6. The Bertz CT molecular complexity index is 276. The summed E-state index contributed by atoms with van der Waals surface area (Å²) in [5.74, 6) is 0.436. The van der Waals surface area contributed by atoms with Crippen molar-refractivity contribution in [2.24, 2.45) is 10.9 Å². The summed E-state index contributed by atoms with van der Waals surface area (Å²) in [5, 5.41) is 0. The Morgan fingerprint density at radius 3 is 1.78 bits per heavy atom. The van der Waals surface area contributed by atoms with E-state index in [1.165, 1.54) is 0 Å². The van der Waals surface area contributed by atoms with Crippen molar-refractivity contribution in [2.75, 3.05) is 0 Å². The van der Waals surface area contributed by atoms with Crippen LogP contribution in [0, 0.1) is 5.92 Å². The fourth-order valence-corrected chi connectivity index (χ4v) is 5.44. The topological polar surface area (TPSA) is 47.9 Å². The molecule has 0 saturated heterocycles. The normalized spacial score (nSPS) is 14.1. The lowest BCUT2D eigenvalue weighted by molar-refractivity contribution is 0.100. The molecule has 0 rings (SSSR count). The number of carbonyl (C=O) groups excluding carboxylic acids is 1. The quantitative estimate of drug-likeness (QED) is 0.387. The standard InChI is InChI=1S/C13H27NO3Si/c1-10(2)8-13(14-9-15)18(7,16-11(3)4)17-12(5)6/h10-13H,8H2,1-7H3. The molecule has 0 fully saturated rings. The molecule has 1 unspecified atom stereocenters. The van der Waals surface area contributed by atoms with E-state index in [9.17, 15) is 4.79 Å². The van der Waals surface area contributed by atoms with Gasteiger partial charge in [-0.25, -0.2) is 9.79 Å². The fraction of sp³-hybridized carbons (Fsp3) is 0.923. The van der Waals surface area contributed by atoms with Gasteiger partial charge in [0.1, 0.15) is 5.67 Å². The van der Waals surface area contributed by atoms with Crippen LogP contribution in [0.25, 0.3) is 0 Å². The minimum atomic E-state index is -2.52. The van der Waals surface area contributed by atoms with Crippen LogP contribution in [-0.2, 0) is 13.6 Å². The summed E-state index contributed by atoms with van der Waals surface area (Å²) in [5.41, 5.74) is -0.195. The molecular formula is C13H27NO3Si. The number of nitrogens with zero attached hydrogens (tertiary/aromatic N) is 1. The molecule has 4 nitrogen and oxygen atoms in total. The van der Waals surface area contributed by atoms with E-state index in [2.05, 4.69) is 18.8 Å². The molecule has 1 atom stereocenters. The highest BCUT2D eigenvalue weighted by Gasteiger charge is 2.43. The Morgan fingerprint density at radius 1 is 1.06 bits per heavy atom. The average Bonchev–Trinajstić information content (AvgIpc) is 2.13. The molecule has 0 aromatic rings. The van der Waals surface area contributed by atoms with Crippen LogP contribution in [0.5, 0.6) is 0 Å². The highest BCUT2D eigenvalue weighted by atomic mass is 28.4. The molecule has 0 aliphatic heterocycles. The first kappa shape index (κ1) is 17.5. The Morgan fingerprint density at radius 2 is 1.50 bits per heavy atom. The zero-order chi connectivity index (χ0) is 14.3. The van der Waals surface area contributed by atoms with Gasteiger partial charge >= 0.3 is 8.56 Å². The molecule has 0 amide bonds. The van der Waals surface area contributed by atoms with Crippen LogP contribution in [0.3, 0.4) is 0 Å². The third kappa shape index (κ3) is 6.45. The summed E-state index contributed by atoms with van der Waals surface area (Å²) in [7, 11) is -2.52. The lowest BCUT2D eigenvalue weighted by Crippen LogP contribution is -2.53. The maximum absolute atomic E-state index is 10.6. The van der Waals surface area contributed by atoms with Crippen molar-refractivity contribution in [1.82, 2.24) is 0 Å². The monoisotopic (exact) mass is 273 g/mol. The summed E-state index contributed by atoms with van der Waals surface area (Å²) in [6.07, 6.45) is 2.60. The van der Waals surface area contributed by atoms with Crippen LogP contribution in [0.4, 0.5) is 0 Å². The van der Waals surface area contributed by atoms with Crippen LogP contribution in [0.2, 0.25) is 6.55 Å². The number of aliphatic imine (C=N–C) groups is 1. The van der Waals surface area contributed by atoms with Crippen molar-refractivity contribution in [3.8, 4) is 0 Å². The molecule has 0 aliphatic rings. The van der Waals surface area contributed by atoms with Crippen LogP contribution in [0.15, 0.2) is 4.99 Å². The molecule has 0 aliphatic carbocycles. The van der Waals surface area contributed by atoms with E-state index in [1.807, 2.05) is 34.2 Å². The van der Waals surface area contributed by atoms with E-state index in [0.717, 1.165) is 6.42 Å². The van der Waals surface area contributed by atoms with Crippen molar-refractivity contribution in [3.05, 3.63) is 0 Å². The smallest absolute Gasteiger partial charge is 0.361 e. The van der Waals surface area contributed by atoms with Crippen LogP contribution < -0.4 is 0 Å². The number of hydrogen-bond donors (Lipinski definition) is 0. The van der Waals surface area contributed by atoms with Crippen molar-refractivity contribution >= 4 is 14.6 Å². The summed E-state index contributed by atoms with van der Waals surface area (Å²) >= 11 is 0. The van der Waals surface area contributed by atoms with Gasteiger partial charge in [-0.15, -0.1) is 0 Å². The largest absolute Gasteiger partial charge is 0.391 e. The summed E-state index contributed by atoms with van der Waals surface area (Å²) in [6.45, 7) is 14.1. The summed E-state index contributed by atoms with van der Waals surface area (Å²) in [6, 6.07) is 0. The van der Waals surface area contributed by atoms with Gasteiger partial charge in [-0.2, -0.15) is 0 Å². The minimum Gasteiger partial charge on any atom is -0.391 e. The zero-order valence-electron chi connectivity index (χ0n) is 12.7. The van der Waals surface area contributed by atoms with Crippen molar-refractivity contribution in [1.29, 1.82) is 0 Å². The molecule has 0 aromatic carbocycles. The van der Waals surface area contributed by atoms with Crippen molar-refractivity contribution in [2.45, 2.75) is 72.4 Å². The predicted molar refractivity (Wildman–Crippen MR) is 75.4 cm³/mol. The van der Waals surface area contributed by atoms with E-state index < -0.39 is 8.56 Å². The predicted octanol–water partition coefficient (Wildman–Crippen LogP) is 3.20. The molecule has 18 heavy (non-hydrogen) atoms. The first-order valence-electron chi connectivity index (χ1n) is 6.63. The van der Waals surface area contributed by atoms with Crippen LogP contribution in [0.1, 0.15) is 48.0 Å². The van der Waals surface area contributed by atoms with E-state index in [4.69, 9.17) is 8.85 Å². The van der Waals surface area contributed by atoms with Gasteiger partial charge < -0.3 is 8.85 Å². The Labute approximate surface area is 112 Å². The average molecular weight is 273 g/mol. The second kappa shape index (κ2) is 7.84. The van der Waals surface area contributed by atoms with Crippen molar-refractivity contribution in [3.63, 3.8) is 0 Å². The molecule has 0 radical (unpaired) electrons. The molecule has 0 spiro atoms. The highest BCUT2D eigenvalue weighted by Crippen LogP contribution is 2.24. The molecule has 0 saturated carbocycles. The number of hydrogen-bond acceptors (Lipinski definition) is 4. The van der Waals surface area contributed by atoms with Gasteiger partial charge in [-0.3, -0.25) is 0 Å². The lowest BCUT2D eigenvalue weighted by Gasteiger charge is -2.35. The molecule has 106 valence electrons. The Hall–Kier alpha value is -0.483. The van der Waals surface area contributed by atoms with Crippen molar-refractivity contribution < 1.29 is 13.6 Å². The third-order valence-corrected chi connectivity index (χ3v) is 5.90. The van der Waals surface area contributed by atoms with E-state index in [0.29, 0.717) is 5.92 Å². The first-order valence-corrected chi connectivity index (χ1v) is 9.03. The maximum Gasteiger partial charge on any atom is 0.361 e. The third-order valence-electron chi connectivity index (χ3n) is 2.45. The van der Waals surface area contributed by atoms with Crippen LogP contribution in [-0.4, -0.2) is 32.5 Å². The van der Waals surface area contributed by atoms with E-state index in [-0.39, 0.29) is 17.9 Å². The van der Waals surface area contributed by atoms with Gasteiger partial charge in [0.05, 0.1) is 0 Å². The molecular weight excluding hydrogens is 246 g/mol. The molecule has 0 heterocycles. The Kier molecular flexibility index (Phi) is 7.63. The van der Waals surface area contributed by atoms with Gasteiger partial charge in [-0.05, 0) is 46.6 Å². The van der Waals surface area contributed by atoms with Gasteiger partial charge in [0.2, 0.25) is 6.08 Å². The lowest BCUT2D eigenvalue weighted by atomic mass is 10.1. The number of isocyanates is 1. The number of rotatable bonds is 8. The van der Waals surface area contributed by atoms with E-state index >= 15 is 0 Å². The van der Waals surface area contributed by atoms with Gasteiger partial charge in [0.25, 0.3) is 0 Å². The van der Waals surface area contributed by atoms with Gasteiger partial charge in [-0.1, -0.05) is 13.8 Å². The van der Waals surface area contributed by atoms with Gasteiger partial charge in [0.15, 0.2) is 0 Å². The van der Waals surface area contributed by atoms with Crippen LogP contribution >= 0.6 is 0 Å². The zero-order valence-corrected chi connectivity index (χ0v) is 13.7. The summed E-state index contributed by atoms with van der Waals surface area (Å²) < 4.78 is 12.0. The molecule has 5 heteroatoms. The van der Waals surface area contributed by atoms with Gasteiger partial charge in [0, 0.05) is 12.2 Å². The molecule has 0 aromatic heterocycles. The molecule has 0 bridgehead atoms. The molecule has 0 N–H and O–H groups in total. The maximum atomic E-state index is 10.6. The first-order chi connectivity index (χ1) is 8.21. The minimum absolute atomic E-state index is 0.0666. The second-order valence-electron chi connectivity index (χ2n) is 5.71.